The molecule has 0 aromatic carbocycles. The maximum absolute atomic E-state index is 12.3. The molecule has 218 valence electrons. The zero-order chi connectivity index (χ0) is 28.4. The Morgan fingerprint density at radius 3 is 1.95 bits per heavy atom. The number of carbonyl (C=O) groups excluding carboxylic acids is 3. The lowest BCUT2D eigenvalue weighted by Gasteiger charge is -2.34. The highest BCUT2D eigenvalue weighted by atomic mass is 16.2. The van der Waals surface area contributed by atoms with Crippen molar-refractivity contribution in [1.29, 1.82) is 0 Å². The highest BCUT2D eigenvalue weighted by molar-refractivity contribution is 5.81. The Kier molecular flexibility index (Phi) is 18.7. The lowest BCUT2D eigenvalue weighted by atomic mass is 9.84. The summed E-state index contributed by atoms with van der Waals surface area (Å²) in [4.78, 5) is 40.7. The van der Waals surface area contributed by atoms with Gasteiger partial charge in [0, 0.05) is 58.3 Å². The van der Waals surface area contributed by atoms with Crippen LogP contribution >= 0.6 is 0 Å². The van der Waals surface area contributed by atoms with Crippen molar-refractivity contribution in [2.75, 3.05) is 52.4 Å². The second kappa shape index (κ2) is 19.5. The smallest absolute Gasteiger partial charge is 0.234 e. The van der Waals surface area contributed by atoms with Gasteiger partial charge in [0.15, 0.2) is 0 Å². The van der Waals surface area contributed by atoms with Gasteiger partial charge in [-0.1, -0.05) is 55.4 Å². The fraction of sp³-hybridized carbons (Fsp3) is 0.897. The Morgan fingerprint density at radius 2 is 1.41 bits per heavy atom. The number of Topliss-reactive ketones (excluding diaryl/α,β-unsaturated/α-hetero) is 1. The summed E-state index contributed by atoms with van der Waals surface area (Å²) in [6.07, 6.45) is 4.23. The second-order valence-electron chi connectivity index (χ2n) is 11.9. The first-order chi connectivity index (χ1) is 17.4. The highest BCUT2D eigenvalue weighted by Crippen LogP contribution is 2.25. The number of ketones is 1. The quantitative estimate of drug-likeness (QED) is 0.267. The van der Waals surface area contributed by atoms with E-state index in [0.717, 1.165) is 58.4 Å². The van der Waals surface area contributed by atoms with Crippen molar-refractivity contribution in [3.63, 3.8) is 0 Å². The number of nitrogens with one attached hydrogen (secondary N) is 3. The van der Waals surface area contributed by atoms with Gasteiger partial charge in [0.05, 0.1) is 12.6 Å². The SMILES string of the molecule is CC.CC(=O)C(CCCCNC(=O)CN1CCN(CCNC(=O)CC(C)CC(C)(C)C)CC1)NC(C)C. The number of piperazine rings is 1. The largest absolute Gasteiger partial charge is 0.355 e. The summed E-state index contributed by atoms with van der Waals surface area (Å²) in [7, 11) is 0. The Balaban J connectivity index is 0.00000631. The van der Waals surface area contributed by atoms with Crippen molar-refractivity contribution in [2.24, 2.45) is 11.3 Å². The van der Waals surface area contributed by atoms with Crippen LogP contribution < -0.4 is 16.0 Å². The van der Waals surface area contributed by atoms with E-state index in [0.29, 0.717) is 32.0 Å². The molecule has 0 aliphatic carbocycles. The van der Waals surface area contributed by atoms with Crippen LogP contribution in [0.2, 0.25) is 0 Å². The van der Waals surface area contributed by atoms with Gasteiger partial charge in [-0.25, -0.2) is 0 Å². The van der Waals surface area contributed by atoms with Crippen LogP contribution in [-0.2, 0) is 14.4 Å². The number of hydrogen-bond acceptors (Lipinski definition) is 6. The molecule has 37 heavy (non-hydrogen) atoms. The minimum Gasteiger partial charge on any atom is -0.355 e. The molecule has 0 aromatic rings. The average molecular weight is 526 g/mol. The molecule has 0 radical (unpaired) electrons. The summed E-state index contributed by atoms with van der Waals surface area (Å²) in [6.45, 7) is 24.7. The van der Waals surface area contributed by atoms with E-state index in [4.69, 9.17) is 0 Å². The first-order valence-electron chi connectivity index (χ1n) is 14.6. The van der Waals surface area contributed by atoms with Crippen molar-refractivity contribution >= 4 is 17.6 Å². The average Bonchev–Trinajstić information content (AvgIpc) is 2.79. The summed E-state index contributed by atoms with van der Waals surface area (Å²) in [5, 5.41) is 9.38. The van der Waals surface area contributed by atoms with Crippen LogP contribution in [0, 0.1) is 11.3 Å². The lowest BCUT2D eigenvalue weighted by Crippen LogP contribution is -2.50. The van der Waals surface area contributed by atoms with E-state index in [9.17, 15) is 14.4 Å². The molecule has 8 nitrogen and oxygen atoms in total. The molecule has 1 fully saturated rings. The van der Waals surface area contributed by atoms with Crippen LogP contribution in [0.25, 0.3) is 0 Å². The predicted octanol–water partition coefficient (Wildman–Crippen LogP) is 3.45. The molecule has 8 heteroatoms. The fourth-order valence-electron chi connectivity index (χ4n) is 4.80. The molecule has 1 aliphatic rings. The van der Waals surface area contributed by atoms with E-state index in [2.05, 4.69) is 53.4 Å². The maximum Gasteiger partial charge on any atom is 0.234 e. The summed E-state index contributed by atoms with van der Waals surface area (Å²) in [5.41, 5.74) is 0.251. The zero-order valence-electron chi connectivity index (χ0n) is 25.5. The van der Waals surface area contributed by atoms with Crippen LogP contribution in [0.1, 0.15) is 94.4 Å². The molecule has 0 aromatic heterocycles. The van der Waals surface area contributed by atoms with E-state index in [1.807, 2.05) is 27.7 Å². The molecule has 1 aliphatic heterocycles. The Morgan fingerprint density at radius 1 is 0.838 bits per heavy atom. The third-order valence-electron chi connectivity index (χ3n) is 6.34. The molecule has 1 saturated heterocycles. The highest BCUT2D eigenvalue weighted by Gasteiger charge is 2.20. The second-order valence-corrected chi connectivity index (χ2v) is 11.9. The van der Waals surface area contributed by atoms with E-state index in [1.54, 1.807) is 6.92 Å². The first-order valence-corrected chi connectivity index (χ1v) is 14.6. The fourth-order valence-corrected chi connectivity index (χ4v) is 4.80. The van der Waals surface area contributed by atoms with Gasteiger partial charge in [-0.05, 0) is 43.9 Å². The molecular weight excluding hydrogens is 466 g/mol. The third kappa shape index (κ3) is 19.2. The van der Waals surface area contributed by atoms with Crippen LogP contribution in [0.3, 0.4) is 0 Å². The standard InChI is InChI=1S/C27H53N5O3.C2H6/c1-21(2)30-24(23(4)33)10-8-9-11-28-26(35)20-32-16-14-31(15-17-32)13-12-29-25(34)18-22(3)19-27(5,6)7;1-2/h21-22,24,30H,8-20H2,1-7H3,(H,28,35)(H,29,34);1-2H3. The Labute approximate surface area is 228 Å². The number of nitrogens with zero attached hydrogens (tertiary/aromatic N) is 2. The van der Waals surface area contributed by atoms with Crippen LogP contribution in [0.15, 0.2) is 0 Å². The van der Waals surface area contributed by atoms with Crippen molar-refractivity contribution < 1.29 is 14.4 Å². The molecule has 1 rings (SSSR count). The number of hydrogen-bond donors (Lipinski definition) is 3. The summed E-state index contributed by atoms with van der Waals surface area (Å²) >= 11 is 0. The third-order valence-corrected chi connectivity index (χ3v) is 6.34. The van der Waals surface area contributed by atoms with Gasteiger partial charge in [-0.3, -0.25) is 24.2 Å². The van der Waals surface area contributed by atoms with Crippen LogP contribution in [0.4, 0.5) is 0 Å². The van der Waals surface area contributed by atoms with E-state index in [1.165, 1.54) is 0 Å². The lowest BCUT2D eigenvalue weighted by molar-refractivity contribution is -0.123. The van der Waals surface area contributed by atoms with E-state index < -0.39 is 0 Å². The summed E-state index contributed by atoms with van der Waals surface area (Å²) in [6, 6.07) is 0.197. The van der Waals surface area contributed by atoms with Crippen molar-refractivity contribution in [1.82, 2.24) is 25.8 Å². The van der Waals surface area contributed by atoms with Gasteiger partial charge < -0.3 is 16.0 Å². The summed E-state index contributed by atoms with van der Waals surface area (Å²) < 4.78 is 0. The van der Waals surface area contributed by atoms with Crippen LogP contribution in [-0.4, -0.2) is 91.8 Å². The number of rotatable bonds is 16. The molecule has 3 N–H and O–H groups in total. The Hall–Kier alpha value is -1.51. The van der Waals surface area contributed by atoms with E-state index >= 15 is 0 Å². The molecule has 0 spiro atoms. The number of carbonyl (C=O) groups is 3. The predicted molar refractivity (Wildman–Crippen MR) is 155 cm³/mol. The van der Waals surface area contributed by atoms with Gasteiger partial charge >= 0.3 is 0 Å². The van der Waals surface area contributed by atoms with Crippen molar-refractivity contribution in [3.8, 4) is 0 Å². The van der Waals surface area contributed by atoms with Gasteiger partial charge in [0.1, 0.15) is 5.78 Å². The first kappa shape index (κ1) is 35.5. The molecule has 2 atom stereocenters. The molecular formula is C29H59N5O3. The van der Waals surface area contributed by atoms with Gasteiger partial charge in [-0.2, -0.15) is 0 Å². The molecule has 2 amide bonds. The van der Waals surface area contributed by atoms with Gasteiger partial charge in [-0.15, -0.1) is 0 Å². The van der Waals surface area contributed by atoms with E-state index in [-0.39, 0.29) is 35.1 Å². The zero-order valence-corrected chi connectivity index (χ0v) is 25.5. The normalized spacial score (nSPS) is 16.5. The number of amides is 2. The topological polar surface area (TPSA) is 93.8 Å². The number of unbranched alkanes of at least 4 members (excludes halogenated alkanes) is 1. The molecule has 0 bridgehead atoms. The Bertz CT molecular complexity index is 640. The molecule has 0 saturated carbocycles. The van der Waals surface area contributed by atoms with Gasteiger partial charge in [0.2, 0.25) is 11.8 Å². The molecule has 1 heterocycles. The molecule has 2 unspecified atom stereocenters. The van der Waals surface area contributed by atoms with Gasteiger partial charge in [0.25, 0.3) is 0 Å². The monoisotopic (exact) mass is 525 g/mol. The maximum atomic E-state index is 12.3. The minimum absolute atomic E-state index is 0.0681. The van der Waals surface area contributed by atoms with Crippen molar-refractivity contribution in [2.45, 2.75) is 107 Å². The minimum atomic E-state index is -0.0904. The summed E-state index contributed by atoms with van der Waals surface area (Å²) in [5.74, 6) is 0.780. The van der Waals surface area contributed by atoms with Crippen molar-refractivity contribution in [3.05, 3.63) is 0 Å². The van der Waals surface area contributed by atoms with Crippen LogP contribution in [0.5, 0.6) is 0 Å².